The summed E-state index contributed by atoms with van der Waals surface area (Å²) in [7, 11) is 0. The number of rotatable bonds is 4. The highest BCUT2D eigenvalue weighted by Crippen LogP contribution is 2.22. The molecule has 5 heteroatoms. The number of aliphatic hydroxyl groups excluding tert-OH is 1. The minimum atomic E-state index is -0.474. The Bertz CT molecular complexity index is 643. The van der Waals surface area contributed by atoms with Crippen LogP contribution in [0, 0.1) is 0 Å². The van der Waals surface area contributed by atoms with Gasteiger partial charge in [0.2, 0.25) is 0 Å². The summed E-state index contributed by atoms with van der Waals surface area (Å²) in [6.45, 7) is 1.76. The molecule has 23 heavy (non-hydrogen) atoms. The topological polar surface area (TPSA) is 61.8 Å². The van der Waals surface area contributed by atoms with E-state index in [4.69, 9.17) is 4.74 Å². The molecule has 1 saturated heterocycles. The quantitative estimate of drug-likeness (QED) is 0.911. The first-order valence-corrected chi connectivity index (χ1v) is 7.71. The maximum absolute atomic E-state index is 11.8. The fourth-order valence-electron chi connectivity index (χ4n) is 2.61. The number of benzene rings is 2. The molecule has 0 spiro atoms. The van der Waals surface area contributed by atoms with Crippen molar-refractivity contribution in [3.05, 3.63) is 60.2 Å². The lowest BCUT2D eigenvalue weighted by Gasteiger charge is -2.18. The van der Waals surface area contributed by atoms with Crippen molar-refractivity contribution in [2.45, 2.75) is 19.1 Å². The van der Waals surface area contributed by atoms with Gasteiger partial charge in [0.25, 0.3) is 0 Å². The molecule has 1 heterocycles. The standard InChI is InChI=1S/C18H20N2O3/c21-17-10-11-20(12-17)16-8-6-15(7-9-16)19-18(22)23-13-14-4-2-1-3-5-14/h1-9,17,21H,10-13H2,(H,19,22)/t17-/m0/s1. The number of carbonyl (C=O) groups is 1. The summed E-state index contributed by atoms with van der Waals surface area (Å²) in [5, 5.41) is 12.3. The van der Waals surface area contributed by atoms with Gasteiger partial charge in [-0.05, 0) is 36.2 Å². The van der Waals surface area contributed by atoms with Crippen molar-refractivity contribution in [2.24, 2.45) is 0 Å². The number of amides is 1. The van der Waals surface area contributed by atoms with Gasteiger partial charge in [-0.25, -0.2) is 4.79 Å². The van der Waals surface area contributed by atoms with Crippen LogP contribution in [-0.4, -0.2) is 30.4 Å². The SMILES string of the molecule is O=C(Nc1ccc(N2CC[C@H](O)C2)cc1)OCc1ccccc1. The molecule has 1 atom stereocenters. The van der Waals surface area contributed by atoms with Crippen LogP contribution >= 0.6 is 0 Å². The highest BCUT2D eigenvalue weighted by molar-refractivity contribution is 5.84. The first kappa shape index (κ1) is 15.4. The summed E-state index contributed by atoms with van der Waals surface area (Å²) in [4.78, 5) is 13.9. The molecule has 1 fully saturated rings. The van der Waals surface area contributed by atoms with Gasteiger partial charge in [0.1, 0.15) is 6.61 Å². The van der Waals surface area contributed by atoms with Crippen molar-refractivity contribution < 1.29 is 14.6 Å². The molecule has 3 rings (SSSR count). The fraction of sp³-hybridized carbons (Fsp3) is 0.278. The Morgan fingerprint density at radius 2 is 1.91 bits per heavy atom. The largest absolute Gasteiger partial charge is 0.444 e. The second-order valence-electron chi connectivity index (χ2n) is 5.62. The smallest absolute Gasteiger partial charge is 0.411 e. The third kappa shape index (κ3) is 4.23. The summed E-state index contributed by atoms with van der Waals surface area (Å²) in [5.74, 6) is 0. The number of aliphatic hydroxyl groups is 1. The van der Waals surface area contributed by atoms with Gasteiger partial charge >= 0.3 is 6.09 Å². The molecule has 1 aliphatic rings. The second-order valence-corrected chi connectivity index (χ2v) is 5.62. The summed E-state index contributed by atoms with van der Waals surface area (Å²) >= 11 is 0. The van der Waals surface area contributed by atoms with E-state index in [0.717, 1.165) is 24.2 Å². The molecule has 0 unspecified atom stereocenters. The molecule has 2 N–H and O–H groups in total. The van der Waals surface area contributed by atoms with E-state index >= 15 is 0 Å². The lowest BCUT2D eigenvalue weighted by molar-refractivity contribution is 0.155. The number of nitrogens with zero attached hydrogens (tertiary/aromatic N) is 1. The van der Waals surface area contributed by atoms with Gasteiger partial charge in [-0.15, -0.1) is 0 Å². The lowest BCUT2D eigenvalue weighted by Crippen LogP contribution is -2.21. The minimum absolute atomic E-state index is 0.246. The Labute approximate surface area is 135 Å². The fourth-order valence-corrected chi connectivity index (χ4v) is 2.61. The van der Waals surface area contributed by atoms with Crippen molar-refractivity contribution in [1.29, 1.82) is 0 Å². The minimum Gasteiger partial charge on any atom is -0.444 e. The van der Waals surface area contributed by atoms with Crippen LogP contribution in [0.2, 0.25) is 0 Å². The van der Waals surface area contributed by atoms with Crippen LogP contribution < -0.4 is 10.2 Å². The van der Waals surface area contributed by atoms with Crippen LogP contribution in [-0.2, 0) is 11.3 Å². The van der Waals surface area contributed by atoms with Gasteiger partial charge in [-0.3, -0.25) is 5.32 Å². The molecule has 0 aromatic heterocycles. The lowest BCUT2D eigenvalue weighted by atomic mass is 10.2. The average molecular weight is 312 g/mol. The van der Waals surface area contributed by atoms with E-state index in [1.165, 1.54) is 0 Å². The van der Waals surface area contributed by atoms with Gasteiger partial charge in [-0.1, -0.05) is 30.3 Å². The molecule has 0 aliphatic carbocycles. The number of nitrogens with one attached hydrogen (secondary N) is 1. The van der Waals surface area contributed by atoms with E-state index < -0.39 is 6.09 Å². The van der Waals surface area contributed by atoms with Crippen molar-refractivity contribution in [3.8, 4) is 0 Å². The van der Waals surface area contributed by atoms with Crippen molar-refractivity contribution in [2.75, 3.05) is 23.3 Å². The monoisotopic (exact) mass is 312 g/mol. The van der Waals surface area contributed by atoms with Crippen LogP contribution in [0.1, 0.15) is 12.0 Å². The van der Waals surface area contributed by atoms with Crippen LogP contribution in [0.4, 0.5) is 16.2 Å². The Morgan fingerprint density at radius 1 is 1.17 bits per heavy atom. The highest BCUT2D eigenvalue weighted by Gasteiger charge is 2.20. The molecule has 1 amide bonds. The molecule has 0 saturated carbocycles. The molecule has 0 bridgehead atoms. The van der Waals surface area contributed by atoms with Gasteiger partial charge in [0.05, 0.1) is 6.10 Å². The maximum Gasteiger partial charge on any atom is 0.411 e. The van der Waals surface area contributed by atoms with E-state index in [9.17, 15) is 9.90 Å². The van der Waals surface area contributed by atoms with Crippen LogP contribution in [0.15, 0.2) is 54.6 Å². The van der Waals surface area contributed by atoms with Gasteiger partial charge in [0.15, 0.2) is 0 Å². The number of hydrogen-bond acceptors (Lipinski definition) is 4. The maximum atomic E-state index is 11.8. The summed E-state index contributed by atoms with van der Waals surface area (Å²) in [5.41, 5.74) is 2.68. The Kier molecular flexibility index (Phi) is 4.78. The number of anilines is 2. The Hall–Kier alpha value is -2.53. The summed E-state index contributed by atoms with van der Waals surface area (Å²) in [6.07, 6.45) is 0.0743. The molecular weight excluding hydrogens is 292 g/mol. The molecule has 120 valence electrons. The average Bonchev–Trinajstić information content (AvgIpc) is 3.01. The third-order valence-electron chi connectivity index (χ3n) is 3.85. The van der Waals surface area contributed by atoms with E-state index in [1.807, 2.05) is 54.6 Å². The zero-order chi connectivity index (χ0) is 16.1. The van der Waals surface area contributed by atoms with Crippen molar-refractivity contribution in [1.82, 2.24) is 0 Å². The number of ether oxygens (including phenoxy) is 1. The normalized spacial score (nSPS) is 17.1. The molecule has 2 aromatic carbocycles. The van der Waals surface area contributed by atoms with Crippen molar-refractivity contribution in [3.63, 3.8) is 0 Å². The molecular formula is C18H20N2O3. The number of hydrogen-bond donors (Lipinski definition) is 2. The Morgan fingerprint density at radius 3 is 2.57 bits per heavy atom. The van der Waals surface area contributed by atoms with E-state index in [2.05, 4.69) is 10.2 Å². The van der Waals surface area contributed by atoms with E-state index in [1.54, 1.807) is 0 Å². The molecule has 1 aliphatic heterocycles. The molecule has 2 aromatic rings. The summed E-state index contributed by atoms with van der Waals surface area (Å²) in [6, 6.07) is 17.1. The van der Waals surface area contributed by atoms with Gasteiger partial charge in [-0.2, -0.15) is 0 Å². The van der Waals surface area contributed by atoms with Gasteiger partial charge in [0, 0.05) is 24.5 Å². The first-order valence-electron chi connectivity index (χ1n) is 7.71. The Balaban J connectivity index is 1.50. The highest BCUT2D eigenvalue weighted by atomic mass is 16.5. The number of β-amino-alcohol motifs (C(OH)–C–C–N with tert-alkyl or cyclic N) is 1. The van der Waals surface area contributed by atoms with Gasteiger partial charge < -0.3 is 14.7 Å². The summed E-state index contributed by atoms with van der Waals surface area (Å²) < 4.78 is 5.18. The van der Waals surface area contributed by atoms with E-state index in [-0.39, 0.29) is 12.7 Å². The van der Waals surface area contributed by atoms with E-state index in [0.29, 0.717) is 12.2 Å². The zero-order valence-electron chi connectivity index (χ0n) is 12.8. The number of carbonyl (C=O) groups excluding carboxylic acids is 1. The van der Waals surface area contributed by atoms with Crippen molar-refractivity contribution >= 4 is 17.5 Å². The molecule has 0 radical (unpaired) electrons. The first-order chi connectivity index (χ1) is 11.2. The molecule has 5 nitrogen and oxygen atoms in total. The third-order valence-corrected chi connectivity index (χ3v) is 3.85. The zero-order valence-corrected chi connectivity index (χ0v) is 12.8. The predicted molar refractivity (Wildman–Crippen MR) is 89.5 cm³/mol. The predicted octanol–water partition coefficient (Wildman–Crippen LogP) is 3.01. The van der Waals surface area contributed by atoms with Crippen LogP contribution in [0.25, 0.3) is 0 Å². The van der Waals surface area contributed by atoms with Crippen LogP contribution in [0.5, 0.6) is 0 Å². The van der Waals surface area contributed by atoms with Crippen LogP contribution in [0.3, 0.4) is 0 Å². The second kappa shape index (κ2) is 7.15.